The van der Waals surface area contributed by atoms with Crippen molar-refractivity contribution in [3.8, 4) is 0 Å². The van der Waals surface area contributed by atoms with E-state index in [0.29, 0.717) is 29.9 Å². The van der Waals surface area contributed by atoms with Gasteiger partial charge in [0.15, 0.2) is 5.78 Å². The molecule has 6 heteroatoms. The third-order valence-electron chi connectivity index (χ3n) is 7.57. The number of rotatable bonds is 7. The highest BCUT2D eigenvalue weighted by molar-refractivity contribution is 5.94. The van der Waals surface area contributed by atoms with Crippen LogP contribution in [0.15, 0.2) is 40.9 Å². The lowest BCUT2D eigenvalue weighted by Gasteiger charge is -2.42. The fraction of sp³-hybridized carbons (Fsp3) is 0.577. The van der Waals surface area contributed by atoms with Crippen LogP contribution in [0.5, 0.6) is 0 Å². The molecule has 6 nitrogen and oxygen atoms in total. The normalized spacial score (nSPS) is 21.4. The topological polar surface area (TPSA) is 75.4 Å². The van der Waals surface area contributed by atoms with Crippen molar-refractivity contribution in [2.45, 2.75) is 57.3 Å². The van der Waals surface area contributed by atoms with E-state index in [-0.39, 0.29) is 11.2 Å². The number of carbonyl (C=O) groups excluding carboxylic acids is 2. The summed E-state index contributed by atoms with van der Waals surface area (Å²) in [6.45, 7) is 3.27. The summed E-state index contributed by atoms with van der Waals surface area (Å²) in [4.78, 5) is 28.5. The zero-order chi connectivity index (χ0) is 22.0. The van der Waals surface area contributed by atoms with Crippen molar-refractivity contribution in [3.05, 3.63) is 53.4 Å². The molecule has 3 fully saturated rings. The van der Waals surface area contributed by atoms with Gasteiger partial charge in [-0.2, -0.15) is 0 Å². The molecule has 1 aromatic heterocycles. The summed E-state index contributed by atoms with van der Waals surface area (Å²) in [5, 5.41) is 7.42. The predicted octanol–water partition coefficient (Wildman–Crippen LogP) is 3.98. The van der Waals surface area contributed by atoms with E-state index in [9.17, 15) is 9.59 Å². The number of nitrogens with zero attached hydrogens (tertiary/aromatic N) is 2. The molecular formula is C26H33N3O3. The standard InChI is InChI=1S/C26H33N3O3/c30-23(22-17-24(32-28-22)21-6-7-21)16-19-8-14-29(15-9-19)25(31)26(10-12-27-13-11-26)18-20-4-2-1-3-5-20/h1-5,17,19,21,27H,6-16,18H2. The molecule has 3 aliphatic rings. The summed E-state index contributed by atoms with van der Waals surface area (Å²) in [5.74, 6) is 2.02. The number of aromatic nitrogens is 1. The van der Waals surface area contributed by atoms with Crippen LogP contribution in [-0.4, -0.2) is 47.9 Å². The predicted molar refractivity (Wildman–Crippen MR) is 121 cm³/mol. The molecule has 1 N–H and O–H groups in total. The highest BCUT2D eigenvalue weighted by Crippen LogP contribution is 2.40. The second-order valence-corrected chi connectivity index (χ2v) is 9.94. The Balaban J connectivity index is 1.18. The van der Waals surface area contributed by atoms with Gasteiger partial charge in [-0.25, -0.2) is 0 Å². The third-order valence-corrected chi connectivity index (χ3v) is 7.57. The largest absolute Gasteiger partial charge is 0.360 e. The van der Waals surface area contributed by atoms with Gasteiger partial charge in [0.05, 0.1) is 5.41 Å². The van der Waals surface area contributed by atoms with E-state index in [2.05, 4.69) is 39.6 Å². The van der Waals surface area contributed by atoms with Crippen LogP contribution in [0.1, 0.15) is 72.7 Å². The number of hydrogen-bond acceptors (Lipinski definition) is 5. The first-order valence-electron chi connectivity index (χ1n) is 12.2. The minimum atomic E-state index is -0.310. The first kappa shape index (κ1) is 21.4. The minimum absolute atomic E-state index is 0.0735. The number of ketones is 1. The molecular weight excluding hydrogens is 402 g/mol. The molecule has 1 aromatic carbocycles. The molecule has 2 aromatic rings. The Morgan fingerprint density at radius 3 is 2.47 bits per heavy atom. The van der Waals surface area contributed by atoms with Crippen LogP contribution in [0.3, 0.4) is 0 Å². The zero-order valence-electron chi connectivity index (χ0n) is 18.7. The summed E-state index contributed by atoms with van der Waals surface area (Å²) in [7, 11) is 0. The van der Waals surface area contributed by atoms with E-state index in [4.69, 9.17) is 4.52 Å². The van der Waals surface area contributed by atoms with Crippen molar-refractivity contribution >= 4 is 11.7 Å². The van der Waals surface area contributed by atoms with Crippen LogP contribution in [-0.2, 0) is 11.2 Å². The van der Waals surface area contributed by atoms with Crippen molar-refractivity contribution in [3.63, 3.8) is 0 Å². The van der Waals surface area contributed by atoms with Crippen molar-refractivity contribution < 1.29 is 14.1 Å². The molecule has 0 spiro atoms. The monoisotopic (exact) mass is 435 g/mol. The van der Waals surface area contributed by atoms with Gasteiger partial charge in [-0.1, -0.05) is 35.5 Å². The van der Waals surface area contributed by atoms with Crippen LogP contribution < -0.4 is 5.32 Å². The van der Waals surface area contributed by atoms with E-state index in [1.54, 1.807) is 0 Å². The Morgan fingerprint density at radius 1 is 1.06 bits per heavy atom. The van der Waals surface area contributed by atoms with Crippen LogP contribution in [0, 0.1) is 11.3 Å². The van der Waals surface area contributed by atoms with Gasteiger partial charge in [0.2, 0.25) is 5.91 Å². The molecule has 3 heterocycles. The van der Waals surface area contributed by atoms with Crippen molar-refractivity contribution in [1.29, 1.82) is 0 Å². The van der Waals surface area contributed by atoms with Gasteiger partial charge in [0.25, 0.3) is 0 Å². The zero-order valence-corrected chi connectivity index (χ0v) is 18.7. The number of piperidine rings is 2. The van der Waals surface area contributed by atoms with Crippen molar-refractivity contribution in [2.75, 3.05) is 26.2 Å². The first-order valence-corrected chi connectivity index (χ1v) is 12.2. The van der Waals surface area contributed by atoms with Gasteiger partial charge in [-0.3, -0.25) is 9.59 Å². The number of likely N-dealkylation sites (tertiary alicyclic amines) is 1. The summed E-state index contributed by atoms with van der Waals surface area (Å²) in [6.07, 6.45) is 7.10. The summed E-state index contributed by atoms with van der Waals surface area (Å²) < 4.78 is 5.35. The van der Waals surface area contributed by atoms with E-state index >= 15 is 0 Å². The van der Waals surface area contributed by atoms with E-state index in [0.717, 1.165) is 76.9 Å². The molecule has 0 atom stereocenters. The Bertz CT molecular complexity index is 936. The summed E-state index contributed by atoms with van der Waals surface area (Å²) >= 11 is 0. The second-order valence-electron chi connectivity index (χ2n) is 9.94. The van der Waals surface area contributed by atoms with Crippen molar-refractivity contribution in [1.82, 2.24) is 15.4 Å². The number of nitrogens with one attached hydrogen (secondary N) is 1. The van der Waals surface area contributed by atoms with Gasteiger partial charge in [0.1, 0.15) is 11.5 Å². The molecule has 2 saturated heterocycles. The van der Waals surface area contributed by atoms with Crippen LogP contribution in [0.25, 0.3) is 0 Å². The average Bonchev–Trinajstić information content (AvgIpc) is 3.56. The second kappa shape index (κ2) is 9.18. The quantitative estimate of drug-likeness (QED) is 0.666. The maximum absolute atomic E-state index is 13.7. The number of carbonyl (C=O) groups is 2. The fourth-order valence-electron chi connectivity index (χ4n) is 5.38. The lowest BCUT2D eigenvalue weighted by molar-refractivity contribution is -0.145. The van der Waals surface area contributed by atoms with Crippen LogP contribution >= 0.6 is 0 Å². The van der Waals surface area contributed by atoms with Crippen molar-refractivity contribution in [2.24, 2.45) is 11.3 Å². The maximum atomic E-state index is 13.7. The highest BCUT2D eigenvalue weighted by Gasteiger charge is 2.43. The number of hydrogen-bond donors (Lipinski definition) is 1. The SMILES string of the molecule is O=C(CC1CCN(C(=O)C2(Cc3ccccc3)CCNCC2)CC1)c1cc(C2CC2)on1. The van der Waals surface area contributed by atoms with Crippen LogP contribution in [0.2, 0.25) is 0 Å². The molecule has 0 unspecified atom stereocenters. The summed E-state index contributed by atoms with van der Waals surface area (Å²) in [5.41, 5.74) is 1.40. The molecule has 32 heavy (non-hydrogen) atoms. The Kier molecular flexibility index (Phi) is 6.13. The minimum Gasteiger partial charge on any atom is -0.360 e. The van der Waals surface area contributed by atoms with Gasteiger partial charge < -0.3 is 14.7 Å². The molecule has 1 aliphatic carbocycles. The molecule has 5 rings (SSSR count). The highest BCUT2D eigenvalue weighted by atomic mass is 16.5. The molecule has 0 bridgehead atoms. The lowest BCUT2D eigenvalue weighted by atomic mass is 9.72. The lowest BCUT2D eigenvalue weighted by Crippen LogP contribution is -2.52. The van der Waals surface area contributed by atoms with E-state index in [1.165, 1.54) is 5.56 Å². The molecule has 2 aliphatic heterocycles. The van der Waals surface area contributed by atoms with Gasteiger partial charge in [-0.05, 0) is 69.5 Å². The third kappa shape index (κ3) is 4.65. The molecule has 1 saturated carbocycles. The first-order chi connectivity index (χ1) is 15.6. The summed E-state index contributed by atoms with van der Waals surface area (Å²) in [6, 6.07) is 12.2. The van der Waals surface area contributed by atoms with Gasteiger partial charge in [-0.15, -0.1) is 0 Å². The molecule has 170 valence electrons. The van der Waals surface area contributed by atoms with Crippen LogP contribution in [0.4, 0.5) is 0 Å². The van der Waals surface area contributed by atoms with Gasteiger partial charge >= 0.3 is 0 Å². The van der Waals surface area contributed by atoms with E-state index in [1.807, 2.05) is 12.1 Å². The fourth-order valence-corrected chi connectivity index (χ4v) is 5.38. The molecule has 0 radical (unpaired) electrons. The number of Topliss-reactive ketones (excluding diaryl/α,β-unsaturated/α-hetero) is 1. The maximum Gasteiger partial charge on any atom is 0.229 e. The number of amides is 1. The average molecular weight is 436 g/mol. The Labute approximate surface area is 189 Å². The smallest absolute Gasteiger partial charge is 0.229 e. The molecule has 1 amide bonds. The van der Waals surface area contributed by atoms with E-state index < -0.39 is 0 Å². The number of benzene rings is 1. The van der Waals surface area contributed by atoms with Gasteiger partial charge in [0, 0.05) is 31.5 Å². The Morgan fingerprint density at radius 2 is 1.78 bits per heavy atom. The Hall–Kier alpha value is -2.47.